The molecule has 10 nitrogen and oxygen atoms in total. The van der Waals surface area contributed by atoms with Gasteiger partial charge in [0.25, 0.3) is 17.4 Å². The van der Waals surface area contributed by atoms with Crippen molar-refractivity contribution < 1.29 is 9.59 Å². The normalized spacial score (nSPS) is 13.2. The zero-order valence-corrected chi connectivity index (χ0v) is 21.7. The van der Waals surface area contributed by atoms with Gasteiger partial charge in [0.1, 0.15) is 5.56 Å². The zero-order valence-electron chi connectivity index (χ0n) is 21.7. The van der Waals surface area contributed by atoms with E-state index < -0.39 is 11.5 Å². The molecule has 5 aromatic rings. The predicted molar refractivity (Wildman–Crippen MR) is 147 cm³/mol. The maximum atomic E-state index is 13.6. The number of rotatable bonds is 5. The lowest BCUT2D eigenvalue weighted by Gasteiger charge is -2.19. The number of para-hydroxylation sites is 1. The number of nitrogens with one attached hydrogen (secondary N) is 1. The van der Waals surface area contributed by atoms with Crippen LogP contribution in [0.4, 0.5) is 5.69 Å². The van der Waals surface area contributed by atoms with E-state index in [4.69, 9.17) is 0 Å². The van der Waals surface area contributed by atoms with Gasteiger partial charge in [-0.25, -0.2) is 14.2 Å². The SMILES string of the molecule is Cc1c(C(=O)Nc2ccc(-c3cnc4cccnn34)cc2C(=O)N2CCCC2)c(=O)n(-c2ccccc2)n1C. The van der Waals surface area contributed by atoms with Crippen LogP contribution >= 0.6 is 0 Å². The van der Waals surface area contributed by atoms with E-state index in [1.165, 1.54) is 4.68 Å². The van der Waals surface area contributed by atoms with E-state index in [1.807, 2.05) is 48.5 Å². The standard InChI is InChI=1S/C29H27N7O3/c1-19-26(29(39)36(33(19)2)21-9-4-3-5-10-21)27(37)32-23-13-12-20(17-22(23)28(38)34-15-6-7-16-34)24-18-30-25-11-8-14-31-35(24)25/h3-5,8-14,17-18H,6-7,15-16H2,1-2H3,(H,32,37). The van der Waals surface area contributed by atoms with Crippen LogP contribution in [0.5, 0.6) is 0 Å². The molecule has 0 radical (unpaired) electrons. The van der Waals surface area contributed by atoms with Gasteiger partial charge in [-0.3, -0.25) is 19.1 Å². The predicted octanol–water partition coefficient (Wildman–Crippen LogP) is 3.68. The number of amides is 2. The van der Waals surface area contributed by atoms with Crippen molar-refractivity contribution in [1.29, 1.82) is 0 Å². The van der Waals surface area contributed by atoms with Crippen LogP contribution in [-0.2, 0) is 7.05 Å². The Hall–Kier alpha value is -4.99. The molecule has 1 N–H and O–H groups in total. The Bertz CT molecular complexity index is 1780. The van der Waals surface area contributed by atoms with Crippen molar-refractivity contribution in [2.75, 3.05) is 18.4 Å². The molecule has 3 aromatic heterocycles. The zero-order chi connectivity index (χ0) is 27.1. The van der Waals surface area contributed by atoms with Gasteiger partial charge in [-0.15, -0.1) is 0 Å². The molecule has 2 amide bonds. The summed E-state index contributed by atoms with van der Waals surface area (Å²) >= 11 is 0. The second kappa shape index (κ2) is 9.71. The molecular formula is C29H27N7O3. The van der Waals surface area contributed by atoms with E-state index in [0.29, 0.717) is 41.4 Å². The molecule has 1 aliphatic heterocycles. The average Bonchev–Trinajstić information content (AvgIpc) is 3.68. The van der Waals surface area contributed by atoms with Gasteiger partial charge in [0.2, 0.25) is 0 Å². The first-order valence-corrected chi connectivity index (χ1v) is 12.8. The van der Waals surface area contributed by atoms with E-state index in [-0.39, 0.29) is 11.5 Å². The van der Waals surface area contributed by atoms with Crippen molar-refractivity contribution in [3.63, 3.8) is 0 Å². The maximum Gasteiger partial charge on any atom is 0.284 e. The summed E-state index contributed by atoms with van der Waals surface area (Å²) in [6, 6.07) is 18.1. The number of likely N-dealkylation sites (tertiary alicyclic amines) is 1. The topological polar surface area (TPSA) is 107 Å². The van der Waals surface area contributed by atoms with E-state index in [1.54, 1.807) is 52.6 Å². The molecule has 0 unspecified atom stereocenters. The van der Waals surface area contributed by atoms with Gasteiger partial charge in [0.05, 0.1) is 34.5 Å². The van der Waals surface area contributed by atoms with Gasteiger partial charge in [-0.1, -0.05) is 24.3 Å². The molecule has 0 bridgehead atoms. The van der Waals surface area contributed by atoms with Crippen molar-refractivity contribution in [2.45, 2.75) is 19.8 Å². The Morgan fingerprint density at radius 1 is 0.974 bits per heavy atom. The van der Waals surface area contributed by atoms with Crippen LogP contribution in [0.2, 0.25) is 0 Å². The first kappa shape index (κ1) is 24.4. The van der Waals surface area contributed by atoms with Crippen LogP contribution in [0.25, 0.3) is 22.6 Å². The monoisotopic (exact) mass is 521 g/mol. The van der Waals surface area contributed by atoms with Gasteiger partial charge in [-0.2, -0.15) is 5.10 Å². The van der Waals surface area contributed by atoms with E-state index in [0.717, 1.165) is 24.1 Å². The molecule has 0 aliphatic carbocycles. The molecular weight excluding hydrogens is 494 g/mol. The summed E-state index contributed by atoms with van der Waals surface area (Å²) in [7, 11) is 1.74. The Morgan fingerprint density at radius 3 is 2.51 bits per heavy atom. The number of benzene rings is 2. The molecule has 2 aromatic carbocycles. The minimum atomic E-state index is -0.567. The Morgan fingerprint density at radius 2 is 1.74 bits per heavy atom. The third-order valence-electron chi connectivity index (χ3n) is 7.25. The van der Waals surface area contributed by atoms with Crippen LogP contribution in [0.1, 0.15) is 39.3 Å². The van der Waals surface area contributed by atoms with Gasteiger partial charge >= 0.3 is 0 Å². The van der Waals surface area contributed by atoms with Crippen molar-refractivity contribution in [3.05, 3.63) is 100 Å². The average molecular weight is 522 g/mol. The third-order valence-corrected chi connectivity index (χ3v) is 7.25. The lowest BCUT2D eigenvalue weighted by atomic mass is 10.0. The second-order valence-electron chi connectivity index (χ2n) is 9.59. The van der Waals surface area contributed by atoms with Crippen molar-refractivity contribution >= 4 is 23.1 Å². The Kier molecular flexibility index (Phi) is 6.07. The number of aromatic nitrogens is 5. The first-order chi connectivity index (χ1) is 18.9. The molecule has 1 aliphatic rings. The van der Waals surface area contributed by atoms with Crippen LogP contribution in [-0.4, -0.2) is 53.8 Å². The van der Waals surface area contributed by atoms with E-state index >= 15 is 0 Å². The summed E-state index contributed by atoms with van der Waals surface area (Å²) in [4.78, 5) is 46.8. The summed E-state index contributed by atoms with van der Waals surface area (Å²) in [6.45, 7) is 3.05. The van der Waals surface area contributed by atoms with Gasteiger partial charge in [-0.05, 0) is 56.2 Å². The van der Waals surface area contributed by atoms with Gasteiger partial charge < -0.3 is 10.2 Å². The van der Waals surface area contributed by atoms with E-state index in [2.05, 4.69) is 15.4 Å². The fourth-order valence-corrected chi connectivity index (χ4v) is 5.12. The number of hydrogen-bond acceptors (Lipinski definition) is 5. The number of carbonyl (C=O) groups is 2. The van der Waals surface area contributed by atoms with Gasteiger partial charge in [0.15, 0.2) is 5.65 Å². The molecule has 0 atom stereocenters. The first-order valence-electron chi connectivity index (χ1n) is 12.8. The number of hydrogen-bond donors (Lipinski definition) is 1. The smallest absolute Gasteiger partial charge is 0.284 e. The molecule has 39 heavy (non-hydrogen) atoms. The highest BCUT2D eigenvalue weighted by Gasteiger charge is 2.27. The van der Waals surface area contributed by atoms with E-state index in [9.17, 15) is 14.4 Å². The highest BCUT2D eigenvalue weighted by atomic mass is 16.2. The summed E-state index contributed by atoms with van der Waals surface area (Å²) in [5, 5.41) is 7.25. The number of nitrogens with zero attached hydrogens (tertiary/aromatic N) is 6. The summed E-state index contributed by atoms with van der Waals surface area (Å²) < 4.78 is 4.82. The van der Waals surface area contributed by atoms with Crippen LogP contribution in [0.3, 0.4) is 0 Å². The largest absolute Gasteiger partial charge is 0.339 e. The van der Waals surface area contributed by atoms with Crippen molar-refractivity contribution in [1.82, 2.24) is 28.9 Å². The van der Waals surface area contributed by atoms with Crippen molar-refractivity contribution in [2.24, 2.45) is 7.05 Å². The van der Waals surface area contributed by atoms with Crippen LogP contribution in [0, 0.1) is 6.92 Å². The molecule has 1 saturated heterocycles. The summed E-state index contributed by atoms with van der Waals surface area (Å²) in [5.41, 5.74) is 3.61. The fourth-order valence-electron chi connectivity index (χ4n) is 5.12. The minimum Gasteiger partial charge on any atom is -0.339 e. The third kappa shape index (κ3) is 4.19. The van der Waals surface area contributed by atoms with Crippen molar-refractivity contribution in [3.8, 4) is 16.9 Å². The number of anilines is 1. The number of carbonyl (C=O) groups excluding carboxylic acids is 2. The summed E-state index contributed by atoms with van der Waals surface area (Å²) in [6.07, 6.45) is 5.26. The Balaban J connectivity index is 1.41. The highest BCUT2D eigenvalue weighted by Crippen LogP contribution is 2.28. The fraction of sp³-hybridized carbons (Fsp3) is 0.207. The highest BCUT2D eigenvalue weighted by molar-refractivity contribution is 6.10. The molecule has 1 fully saturated rings. The quantitative estimate of drug-likeness (QED) is 0.380. The Labute approximate surface area is 224 Å². The van der Waals surface area contributed by atoms with Crippen LogP contribution in [0.15, 0.2) is 77.9 Å². The molecule has 10 heteroatoms. The lowest BCUT2D eigenvalue weighted by molar-refractivity contribution is 0.0794. The van der Waals surface area contributed by atoms with Gasteiger partial charge in [0, 0.05) is 31.9 Å². The molecule has 0 spiro atoms. The maximum absolute atomic E-state index is 13.6. The summed E-state index contributed by atoms with van der Waals surface area (Å²) in [5.74, 6) is -0.736. The molecule has 4 heterocycles. The minimum absolute atomic E-state index is 0.0241. The number of imidazole rings is 1. The lowest BCUT2D eigenvalue weighted by Crippen LogP contribution is -2.30. The number of fused-ring (bicyclic) bond motifs is 1. The molecule has 196 valence electrons. The molecule has 6 rings (SSSR count). The molecule has 0 saturated carbocycles. The van der Waals surface area contributed by atoms with Crippen LogP contribution < -0.4 is 10.9 Å². The second-order valence-corrected chi connectivity index (χ2v) is 9.59.